The first-order chi connectivity index (χ1) is 16.8. The van der Waals surface area contributed by atoms with Gasteiger partial charge in [-0.25, -0.2) is 14.4 Å². The number of hydrogen-bond donors (Lipinski definition) is 1. The van der Waals surface area contributed by atoms with Gasteiger partial charge in [0.05, 0.1) is 35.6 Å². The van der Waals surface area contributed by atoms with Gasteiger partial charge in [0.25, 0.3) is 5.91 Å². The third-order valence-electron chi connectivity index (χ3n) is 5.44. The normalized spacial score (nSPS) is 15.0. The van der Waals surface area contributed by atoms with Crippen molar-refractivity contribution in [3.63, 3.8) is 0 Å². The molecule has 1 fully saturated rings. The molecule has 35 heavy (non-hydrogen) atoms. The lowest BCUT2D eigenvalue weighted by Crippen LogP contribution is -2.35. The third-order valence-corrected chi connectivity index (χ3v) is 6.25. The Labute approximate surface area is 200 Å². The molecule has 1 aliphatic rings. The number of nitrogens with zero attached hydrogens (tertiary/aromatic N) is 3. The second kappa shape index (κ2) is 9.36. The summed E-state index contributed by atoms with van der Waals surface area (Å²) in [5.41, 5.74) is -0.591. The molecule has 7 nitrogen and oxygen atoms in total. The van der Waals surface area contributed by atoms with E-state index in [1.54, 1.807) is 0 Å². The Bertz CT molecular complexity index is 1380. The maximum absolute atomic E-state index is 13.8. The summed E-state index contributed by atoms with van der Waals surface area (Å²) in [7, 11) is 0. The fourth-order valence-electron chi connectivity index (χ4n) is 3.78. The maximum atomic E-state index is 13.8. The Kier molecular flexibility index (Phi) is 6.26. The van der Waals surface area contributed by atoms with Crippen LogP contribution in [-0.4, -0.2) is 47.1 Å². The van der Waals surface area contributed by atoms with E-state index in [1.165, 1.54) is 29.5 Å². The van der Waals surface area contributed by atoms with Gasteiger partial charge >= 0.3 is 6.18 Å². The predicted molar refractivity (Wildman–Crippen MR) is 121 cm³/mol. The van der Waals surface area contributed by atoms with Crippen molar-refractivity contribution >= 4 is 33.5 Å². The minimum absolute atomic E-state index is 0.0579. The number of aromatic nitrogens is 2. The molecule has 0 radical (unpaired) electrons. The first-order valence-corrected chi connectivity index (χ1v) is 11.5. The topological polar surface area (TPSA) is 80.5 Å². The first-order valence-electron chi connectivity index (χ1n) is 10.6. The summed E-state index contributed by atoms with van der Waals surface area (Å²) in [5, 5.41) is 4.93. The molecule has 3 heterocycles. The van der Waals surface area contributed by atoms with Gasteiger partial charge < -0.3 is 9.15 Å². The number of ether oxygens (including phenoxy) is 1. The van der Waals surface area contributed by atoms with Crippen molar-refractivity contribution in [2.75, 3.05) is 31.6 Å². The van der Waals surface area contributed by atoms with Crippen LogP contribution in [0.5, 0.6) is 0 Å². The molecule has 5 rings (SSSR count). The van der Waals surface area contributed by atoms with Crippen LogP contribution in [0, 0.1) is 5.82 Å². The van der Waals surface area contributed by atoms with E-state index in [0.717, 1.165) is 24.8 Å². The molecule has 1 saturated heterocycles. The molecule has 12 heteroatoms. The summed E-state index contributed by atoms with van der Waals surface area (Å²) in [6.07, 6.45) is -4.74. The fraction of sp³-hybridized carbons (Fsp3) is 0.261. The van der Waals surface area contributed by atoms with E-state index in [1.807, 2.05) is 5.38 Å². The monoisotopic (exact) mass is 506 g/mol. The van der Waals surface area contributed by atoms with Crippen LogP contribution in [0.2, 0.25) is 0 Å². The van der Waals surface area contributed by atoms with E-state index in [-0.39, 0.29) is 16.7 Å². The minimum Gasteiger partial charge on any atom is -0.436 e. The number of rotatable bonds is 5. The van der Waals surface area contributed by atoms with Crippen LogP contribution >= 0.6 is 11.3 Å². The van der Waals surface area contributed by atoms with Crippen molar-refractivity contribution in [3.05, 3.63) is 64.4 Å². The molecule has 0 unspecified atom stereocenters. The Morgan fingerprint density at radius 1 is 1.14 bits per heavy atom. The number of hydrogen-bond acceptors (Lipinski definition) is 7. The molecular weight excluding hydrogens is 488 g/mol. The number of amides is 1. The van der Waals surface area contributed by atoms with E-state index in [0.29, 0.717) is 37.0 Å². The number of morpholine rings is 1. The zero-order valence-electron chi connectivity index (χ0n) is 18.1. The van der Waals surface area contributed by atoms with E-state index >= 15 is 0 Å². The Morgan fingerprint density at radius 2 is 1.94 bits per heavy atom. The molecule has 0 saturated carbocycles. The highest BCUT2D eigenvalue weighted by Crippen LogP contribution is 2.38. The highest BCUT2D eigenvalue weighted by molar-refractivity contribution is 7.14. The van der Waals surface area contributed by atoms with Crippen molar-refractivity contribution < 1.29 is 31.5 Å². The highest BCUT2D eigenvalue weighted by Gasteiger charge is 2.35. The number of carbonyl (C=O) groups is 1. The predicted octanol–water partition coefficient (Wildman–Crippen LogP) is 5.19. The summed E-state index contributed by atoms with van der Waals surface area (Å²) in [6, 6.07) is 6.52. The van der Waals surface area contributed by atoms with E-state index in [2.05, 4.69) is 20.2 Å². The number of nitrogens with one attached hydrogen (secondary N) is 1. The third kappa shape index (κ3) is 5.04. The zero-order chi connectivity index (χ0) is 24.6. The average Bonchev–Trinajstić information content (AvgIpc) is 3.45. The standard InChI is InChI=1S/C23H18F4N4O3S/c24-13-4-5-17(23(25,26)27)16(10-13)21-29-19-15(2-1-3-18(19)34-21)20(32)30-22-28-14(12-35-22)11-31-6-8-33-9-7-31/h1-5,10,12H,6-9,11H2,(H,28,30,32). The summed E-state index contributed by atoms with van der Waals surface area (Å²) < 4.78 is 64.9. The number of carbonyl (C=O) groups excluding carboxylic acids is 1. The summed E-state index contributed by atoms with van der Waals surface area (Å²) in [5.74, 6) is -1.85. The van der Waals surface area contributed by atoms with Crippen LogP contribution in [0.3, 0.4) is 0 Å². The van der Waals surface area contributed by atoms with Crippen molar-refractivity contribution in [2.45, 2.75) is 12.7 Å². The number of halogens is 4. The smallest absolute Gasteiger partial charge is 0.417 e. The lowest BCUT2D eigenvalue weighted by atomic mass is 10.1. The first kappa shape index (κ1) is 23.4. The zero-order valence-corrected chi connectivity index (χ0v) is 18.9. The summed E-state index contributed by atoms with van der Waals surface area (Å²) >= 11 is 1.26. The lowest BCUT2D eigenvalue weighted by Gasteiger charge is -2.25. The molecule has 0 aliphatic carbocycles. The van der Waals surface area contributed by atoms with E-state index < -0.39 is 34.9 Å². The molecule has 1 aliphatic heterocycles. The number of anilines is 1. The van der Waals surface area contributed by atoms with Gasteiger partial charge in [-0.3, -0.25) is 15.0 Å². The molecule has 2 aromatic heterocycles. The molecular formula is C23H18F4N4O3S. The molecule has 0 bridgehead atoms. The van der Waals surface area contributed by atoms with Crippen molar-refractivity contribution in [3.8, 4) is 11.5 Å². The highest BCUT2D eigenvalue weighted by atomic mass is 32.1. The van der Waals surface area contributed by atoms with Gasteiger partial charge in [0.1, 0.15) is 11.3 Å². The lowest BCUT2D eigenvalue weighted by molar-refractivity contribution is -0.137. The van der Waals surface area contributed by atoms with Crippen molar-refractivity contribution in [2.24, 2.45) is 0 Å². The minimum atomic E-state index is -4.74. The molecule has 182 valence electrons. The van der Waals surface area contributed by atoms with Crippen LogP contribution in [0.4, 0.5) is 22.7 Å². The van der Waals surface area contributed by atoms with Crippen LogP contribution in [0.1, 0.15) is 21.6 Å². The number of benzene rings is 2. The van der Waals surface area contributed by atoms with Gasteiger partial charge in [-0.05, 0) is 30.3 Å². The Morgan fingerprint density at radius 3 is 2.71 bits per heavy atom. The molecule has 0 atom stereocenters. The van der Waals surface area contributed by atoms with Gasteiger partial charge in [0, 0.05) is 25.0 Å². The summed E-state index contributed by atoms with van der Waals surface area (Å²) in [4.78, 5) is 23.7. The number of thiazole rings is 1. The average molecular weight is 506 g/mol. The largest absolute Gasteiger partial charge is 0.436 e. The molecule has 1 N–H and O–H groups in total. The van der Waals surface area contributed by atoms with Gasteiger partial charge in [-0.15, -0.1) is 11.3 Å². The van der Waals surface area contributed by atoms with Crippen LogP contribution in [-0.2, 0) is 17.5 Å². The molecule has 2 aromatic carbocycles. The van der Waals surface area contributed by atoms with Crippen LogP contribution in [0.15, 0.2) is 46.2 Å². The van der Waals surface area contributed by atoms with E-state index in [4.69, 9.17) is 9.15 Å². The maximum Gasteiger partial charge on any atom is 0.417 e. The Balaban J connectivity index is 1.41. The number of para-hydroxylation sites is 1. The quantitative estimate of drug-likeness (QED) is 0.375. The SMILES string of the molecule is O=C(Nc1nc(CN2CCOCC2)cs1)c1cccc2oc(-c3cc(F)ccc3C(F)(F)F)nc12. The molecule has 1 amide bonds. The number of fused-ring (bicyclic) bond motifs is 1. The fourth-order valence-corrected chi connectivity index (χ4v) is 4.47. The molecule has 4 aromatic rings. The number of alkyl halides is 3. The second-order valence-electron chi connectivity index (χ2n) is 7.85. The summed E-state index contributed by atoms with van der Waals surface area (Å²) in [6.45, 7) is 3.57. The molecule has 0 spiro atoms. The van der Waals surface area contributed by atoms with Gasteiger partial charge in [0.15, 0.2) is 10.7 Å². The van der Waals surface area contributed by atoms with E-state index in [9.17, 15) is 22.4 Å². The van der Waals surface area contributed by atoms with Crippen LogP contribution in [0.25, 0.3) is 22.6 Å². The van der Waals surface area contributed by atoms with Crippen molar-refractivity contribution in [1.82, 2.24) is 14.9 Å². The van der Waals surface area contributed by atoms with Gasteiger partial charge in [-0.1, -0.05) is 6.07 Å². The number of oxazole rings is 1. The van der Waals surface area contributed by atoms with Crippen LogP contribution < -0.4 is 5.32 Å². The van der Waals surface area contributed by atoms with Gasteiger partial charge in [0.2, 0.25) is 5.89 Å². The second-order valence-corrected chi connectivity index (χ2v) is 8.70. The van der Waals surface area contributed by atoms with Gasteiger partial charge in [-0.2, -0.15) is 13.2 Å². The Hall–Kier alpha value is -3.35. The van der Waals surface area contributed by atoms with Crippen molar-refractivity contribution in [1.29, 1.82) is 0 Å².